The van der Waals surface area contributed by atoms with E-state index in [4.69, 9.17) is 26.8 Å². The Labute approximate surface area is 201 Å². The minimum atomic E-state index is -0.892. The first-order valence-corrected chi connectivity index (χ1v) is 11.7. The minimum Gasteiger partial charge on any atom is -0.497 e. The van der Waals surface area contributed by atoms with Crippen LogP contribution >= 0.6 is 24.0 Å². The normalized spacial score (nSPS) is 18.8. The Morgan fingerprint density at radius 3 is 2.73 bits per heavy atom. The van der Waals surface area contributed by atoms with E-state index in [-0.39, 0.29) is 24.8 Å². The van der Waals surface area contributed by atoms with Crippen LogP contribution in [-0.2, 0) is 9.59 Å². The van der Waals surface area contributed by atoms with Gasteiger partial charge in [0.2, 0.25) is 0 Å². The molecule has 2 aliphatic rings. The lowest BCUT2D eigenvalue weighted by molar-refractivity contribution is -0.137. The summed E-state index contributed by atoms with van der Waals surface area (Å²) in [5.74, 6) is 0.994. The maximum Gasteiger partial charge on any atom is 0.303 e. The standard InChI is InChI=1S/C25H23NO5S2/c1-15-18-9-3-4-10-19(18)20(23(15)31-17-8-5-7-16(13-17)30-2)14-21-24(29)26(25(32)33-21)12-6-11-22(27)28/h3-5,7-10,13-15H,6,11-12H2,1-2H3,(H,27,28)/b21-14-. The van der Waals surface area contributed by atoms with Crippen LogP contribution in [0.5, 0.6) is 11.5 Å². The maximum atomic E-state index is 13.0. The second-order valence-corrected chi connectivity index (χ2v) is 9.37. The fraction of sp³-hybridized carbons (Fsp3) is 0.240. The van der Waals surface area contributed by atoms with E-state index in [0.29, 0.717) is 27.1 Å². The number of carbonyl (C=O) groups is 2. The Bertz CT molecular complexity index is 1190. The van der Waals surface area contributed by atoms with Crippen molar-refractivity contribution in [2.45, 2.75) is 25.7 Å². The average Bonchev–Trinajstić information content (AvgIpc) is 3.22. The largest absolute Gasteiger partial charge is 0.497 e. The number of ether oxygens (including phenoxy) is 2. The highest BCUT2D eigenvalue weighted by molar-refractivity contribution is 8.26. The molecule has 0 aromatic heterocycles. The van der Waals surface area contributed by atoms with Crippen molar-refractivity contribution in [3.63, 3.8) is 0 Å². The third-order valence-corrected chi connectivity index (χ3v) is 6.94. The quantitative estimate of drug-likeness (QED) is 0.410. The first-order chi connectivity index (χ1) is 15.9. The summed E-state index contributed by atoms with van der Waals surface area (Å²) >= 11 is 6.63. The van der Waals surface area contributed by atoms with Crippen LogP contribution in [0.4, 0.5) is 0 Å². The third kappa shape index (κ3) is 4.82. The number of fused-ring (bicyclic) bond motifs is 1. The molecule has 0 spiro atoms. The summed E-state index contributed by atoms with van der Waals surface area (Å²) in [6, 6.07) is 15.4. The first kappa shape index (κ1) is 23.1. The molecule has 0 bridgehead atoms. The molecule has 1 atom stereocenters. The lowest BCUT2D eigenvalue weighted by Gasteiger charge is -2.14. The Kier molecular flexibility index (Phi) is 6.85. The van der Waals surface area contributed by atoms with Gasteiger partial charge in [0.15, 0.2) is 0 Å². The highest BCUT2D eigenvalue weighted by Gasteiger charge is 2.35. The predicted octanol–water partition coefficient (Wildman–Crippen LogP) is 5.21. The molecule has 1 heterocycles. The number of carbonyl (C=O) groups excluding carboxylic acids is 1. The number of methoxy groups -OCH3 is 1. The number of hydrogen-bond acceptors (Lipinski definition) is 6. The van der Waals surface area contributed by atoms with Gasteiger partial charge in [-0.2, -0.15) is 0 Å². The number of thiocarbonyl (C=S) groups is 1. The van der Waals surface area contributed by atoms with Crippen LogP contribution in [0, 0.1) is 0 Å². The summed E-state index contributed by atoms with van der Waals surface area (Å²) in [6.45, 7) is 2.36. The summed E-state index contributed by atoms with van der Waals surface area (Å²) in [5.41, 5.74) is 2.98. The van der Waals surface area contributed by atoms with Gasteiger partial charge in [-0.1, -0.05) is 61.2 Å². The molecule has 1 unspecified atom stereocenters. The van der Waals surface area contributed by atoms with Crippen LogP contribution in [0.25, 0.3) is 5.57 Å². The van der Waals surface area contributed by atoms with Gasteiger partial charge in [-0.3, -0.25) is 14.5 Å². The number of hydrogen-bond donors (Lipinski definition) is 1. The molecule has 1 aliphatic carbocycles. The molecule has 1 N–H and O–H groups in total. The van der Waals surface area contributed by atoms with Crippen molar-refractivity contribution in [2.24, 2.45) is 0 Å². The number of allylic oxidation sites excluding steroid dienone is 3. The zero-order chi connectivity index (χ0) is 23.5. The molecule has 2 aromatic carbocycles. The topological polar surface area (TPSA) is 76.1 Å². The van der Waals surface area contributed by atoms with Gasteiger partial charge >= 0.3 is 5.97 Å². The van der Waals surface area contributed by atoms with Crippen molar-refractivity contribution in [1.29, 1.82) is 0 Å². The van der Waals surface area contributed by atoms with Gasteiger partial charge in [-0.25, -0.2) is 0 Å². The molecule has 170 valence electrons. The second-order valence-electron chi connectivity index (χ2n) is 7.70. The highest BCUT2D eigenvalue weighted by Crippen LogP contribution is 2.45. The van der Waals surface area contributed by atoms with Gasteiger partial charge in [0, 0.05) is 30.5 Å². The SMILES string of the molecule is COc1cccc(OC2=C(/C=C3\SC(=S)N(CCCC(=O)O)C3=O)c3ccccc3C2C)c1. The molecule has 8 heteroatoms. The number of rotatable bonds is 8. The van der Waals surface area contributed by atoms with Crippen LogP contribution in [0.3, 0.4) is 0 Å². The van der Waals surface area contributed by atoms with Gasteiger partial charge < -0.3 is 14.6 Å². The molecule has 2 aromatic rings. The molecule has 6 nitrogen and oxygen atoms in total. The van der Waals surface area contributed by atoms with E-state index < -0.39 is 5.97 Å². The molecule has 1 fully saturated rings. The van der Waals surface area contributed by atoms with E-state index in [1.165, 1.54) is 16.7 Å². The van der Waals surface area contributed by atoms with Crippen molar-refractivity contribution in [1.82, 2.24) is 4.90 Å². The molecule has 33 heavy (non-hydrogen) atoms. The van der Waals surface area contributed by atoms with Crippen LogP contribution in [0.1, 0.15) is 36.8 Å². The number of thioether (sulfide) groups is 1. The van der Waals surface area contributed by atoms with Gasteiger partial charge in [-0.05, 0) is 35.8 Å². The fourth-order valence-electron chi connectivity index (χ4n) is 3.92. The molecular formula is C25H23NO5S2. The number of aliphatic carboxylic acids is 1. The summed E-state index contributed by atoms with van der Waals surface area (Å²) in [4.78, 5) is 25.8. The van der Waals surface area contributed by atoms with Crippen molar-refractivity contribution in [2.75, 3.05) is 13.7 Å². The zero-order valence-corrected chi connectivity index (χ0v) is 19.9. The smallest absolute Gasteiger partial charge is 0.303 e. The number of carboxylic acid groups (broad SMARTS) is 1. The maximum absolute atomic E-state index is 13.0. The Morgan fingerprint density at radius 1 is 1.21 bits per heavy atom. The van der Waals surface area contributed by atoms with Gasteiger partial charge in [0.25, 0.3) is 5.91 Å². The first-order valence-electron chi connectivity index (χ1n) is 10.5. The van der Waals surface area contributed by atoms with E-state index in [9.17, 15) is 9.59 Å². The van der Waals surface area contributed by atoms with E-state index in [0.717, 1.165) is 22.5 Å². The zero-order valence-electron chi connectivity index (χ0n) is 18.2. The van der Waals surface area contributed by atoms with Crippen molar-refractivity contribution >= 4 is 45.7 Å². The molecule has 1 saturated heterocycles. The van der Waals surface area contributed by atoms with Crippen LogP contribution in [0.15, 0.2) is 65.3 Å². The van der Waals surface area contributed by atoms with Crippen molar-refractivity contribution < 1.29 is 24.2 Å². The molecule has 4 rings (SSSR count). The number of carboxylic acids is 1. The molecular weight excluding hydrogens is 458 g/mol. The Morgan fingerprint density at radius 2 is 1.97 bits per heavy atom. The van der Waals surface area contributed by atoms with Crippen LogP contribution in [-0.4, -0.2) is 39.9 Å². The fourth-order valence-corrected chi connectivity index (χ4v) is 5.21. The Balaban J connectivity index is 1.68. The number of benzene rings is 2. The van der Waals surface area contributed by atoms with E-state index in [1.807, 2.05) is 48.5 Å². The van der Waals surface area contributed by atoms with Crippen molar-refractivity contribution in [3.05, 3.63) is 76.4 Å². The lowest BCUT2D eigenvalue weighted by Crippen LogP contribution is -2.29. The second kappa shape index (κ2) is 9.80. The molecule has 0 saturated carbocycles. The summed E-state index contributed by atoms with van der Waals surface area (Å²) < 4.78 is 12.1. The van der Waals surface area contributed by atoms with E-state index in [2.05, 4.69) is 13.0 Å². The monoisotopic (exact) mass is 481 g/mol. The summed E-state index contributed by atoms with van der Waals surface area (Å²) in [7, 11) is 1.61. The lowest BCUT2D eigenvalue weighted by atomic mass is 10.0. The van der Waals surface area contributed by atoms with E-state index in [1.54, 1.807) is 7.11 Å². The molecule has 1 aliphatic heterocycles. The van der Waals surface area contributed by atoms with Crippen molar-refractivity contribution in [3.8, 4) is 11.5 Å². The number of amides is 1. The Hall–Kier alpha value is -3.10. The van der Waals surface area contributed by atoms with Gasteiger partial charge in [-0.15, -0.1) is 0 Å². The predicted molar refractivity (Wildman–Crippen MR) is 132 cm³/mol. The minimum absolute atomic E-state index is 0.000577. The third-order valence-electron chi connectivity index (χ3n) is 5.57. The summed E-state index contributed by atoms with van der Waals surface area (Å²) in [6.07, 6.45) is 2.18. The van der Waals surface area contributed by atoms with E-state index >= 15 is 0 Å². The number of nitrogens with zero attached hydrogens (tertiary/aromatic N) is 1. The highest BCUT2D eigenvalue weighted by atomic mass is 32.2. The molecule has 1 amide bonds. The summed E-state index contributed by atoms with van der Waals surface area (Å²) in [5, 5.41) is 8.88. The van der Waals surface area contributed by atoms with Crippen LogP contribution in [0.2, 0.25) is 0 Å². The average molecular weight is 482 g/mol. The van der Waals surface area contributed by atoms with Gasteiger partial charge in [0.1, 0.15) is 21.6 Å². The van der Waals surface area contributed by atoms with Gasteiger partial charge in [0.05, 0.1) is 12.0 Å². The molecule has 0 radical (unpaired) electrons. The van der Waals surface area contributed by atoms with Crippen LogP contribution < -0.4 is 9.47 Å².